The maximum absolute atomic E-state index is 14.4. The third-order valence-electron chi connectivity index (χ3n) is 17.1. The first kappa shape index (κ1) is 89.6. The Labute approximate surface area is 608 Å². The molecule has 0 saturated carbocycles. The fourth-order valence-corrected chi connectivity index (χ4v) is 12.6. The Morgan fingerprint density at radius 3 is 2.03 bits per heavy atom. The monoisotopic (exact) mass is 1510 g/mol. The molecule has 0 fully saturated rings. The van der Waals surface area contributed by atoms with Crippen LogP contribution >= 0.6 is 27.2 Å². The van der Waals surface area contributed by atoms with E-state index in [0.717, 1.165) is 9.80 Å². The minimum atomic E-state index is -5.23. The molecule has 9 amide bonds. The molecular weight excluding hydrogens is 1400 g/mol. The van der Waals surface area contributed by atoms with Gasteiger partial charge in [0.1, 0.15) is 42.4 Å². The van der Waals surface area contributed by atoms with E-state index >= 15 is 0 Å². The third-order valence-corrected chi connectivity index (χ3v) is 20.0. The normalized spacial score (nSPS) is 23.2. The van der Waals surface area contributed by atoms with Crippen LogP contribution in [0.3, 0.4) is 0 Å². The molecule has 13 atom stereocenters. The van der Waals surface area contributed by atoms with E-state index in [1.54, 1.807) is 92.7 Å². The van der Waals surface area contributed by atoms with Crippen LogP contribution in [0.1, 0.15) is 158 Å². The molecule has 0 spiro atoms. The molecule has 2 aromatic carbocycles. The number of alkyl carbamates (subject to hydrolysis) is 1. The number of carbonyl (C=O) groups is 11. The smallest absolute Gasteiger partial charge is 0.456 e. The van der Waals surface area contributed by atoms with Crippen molar-refractivity contribution in [1.29, 1.82) is 0 Å². The summed E-state index contributed by atoms with van der Waals surface area (Å²) in [5, 5.41) is 16.4. The summed E-state index contributed by atoms with van der Waals surface area (Å²) in [6.07, 6.45) is 0.218. The molecule has 0 aromatic heterocycles. The Bertz CT molecular complexity index is 3380. The predicted octanol–water partition coefficient (Wildman–Crippen LogP) is 6.70. The van der Waals surface area contributed by atoms with Crippen LogP contribution in [0, 0.1) is 23.7 Å². The lowest BCUT2D eigenvalue weighted by atomic mass is 9.90. The molecule has 3 rings (SSSR count). The van der Waals surface area contributed by atoms with Crippen LogP contribution in [0.15, 0.2) is 71.8 Å². The van der Waals surface area contributed by atoms with E-state index in [0.29, 0.717) is 35.4 Å². The number of nitrogens with two attached hydrogens (primary N) is 2. The fourth-order valence-electron chi connectivity index (χ4n) is 10.4. The van der Waals surface area contributed by atoms with Crippen molar-refractivity contribution in [2.24, 2.45) is 35.1 Å². The number of benzene rings is 2. The number of carbonyl (C=O) groups excluding carboxylic acids is 11. The summed E-state index contributed by atoms with van der Waals surface area (Å²) >= 11 is 6.17. The molecular formula is C69H107ClN10O21P2. The van der Waals surface area contributed by atoms with E-state index < -0.39 is 167 Å². The van der Waals surface area contributed by atoms with Gasteiger partial charge in [0.2, 0.25) is 41.4 Å². The summed E-state index contributed by atoms with van der Waals surface area (Å²) in [4.78, 5) is 173. The zero-order valence-electron chi connectivity index (χ0n) is 61.4. The molecule has 0 aliphatic carbocycles. The van der Waals surface area contributed by atoms with Gasteiger partial charge < -0.3 is 77.2 Å². The topological polar surface area (TPSA) is 448 Å². The molecule has 1 aliphatic rings. The first-order valence-electron chi connectivity index (χ1n) is 34.4. The number of likely N-dealkylation sites (N-methyl/N-ethyl adjacent to an activating group) is 2. The lowest BCUT2D eigenvalue weighted by Gasteiger charge is -2.33. The van der Waals surface area contributed by atoms with Crippen molar-refractivity contribution >= 4 is 98.2 Å². The van der Waals surface area contributed by atoms with Crippen LogP contribution in [-0.2, 0) is 97.7 Å². The quantitative estimate of drug-likeness (QED) is 0.0128. The van der Waals surface area contributed by atoms with Crippen molar-refractivity contribution < 1.29 is 99.2 Å². The highest BCUT2D eigenvalue weighted by Crippen LogP contribution is 2.60. The number of nitrogens with zero attached hydrogens (tertiary/aromatic N) is 2. The molecule has 2 aromatic rings. The molecule has 3 unspecified atom stereocenters. The Hall–Kier alpha value is -7.60. The summed E-state index contributed by atoms with van der Waals surface area (Å²) in [6, 6.07) is 5.36. The third kappa shape index (κ3) is 31.7. The van der Waals surface area contributed by atoms with Gasteiger partial charge in [-0.25, -0.2) is 23.5 Å². The minimum absolute atomic E-state index is 0.0194. The number of hydrogen-bond donors (Lipinski definition) is 10. The molecule has 12 N–H and O–H groups in total. The minimum Gasteiger partial charge on any atom is -0.456 e. The van der Waals surface area contributed by atoms with Gasteiger partial charge in [0.15, 0.2) is 6.10 Å². The lowest BCUT2D eigenvalue weighted by molar-refractivity contribution is -0.155. The van der Waals surface area contributed by atoms with Crippen molar-refractivity contribution in [1.82, 2.24) is 36.4 Å². The van der Waals surface area contributed by atoms with Crippen LogP contribution < -0.4 is 43.4 Å². The van der Waals surface area contributed by atoms with Crippen LogP contribution in [0.25, 0.3) is 0 Å². The number of allylic oxidation sites excluding steroid dienone is 1. The molecule has 1 heterocycles. The van der Waals surface area contributed by atoms with Crippen LogP contribution in [-0.4, -0.2) is 173 Å². The van der Waals surface area contributed by atoms with Gasteiger partial charge in [-0.15, -0.1) is 0 Å². The van der Waals surface area contributed by atoms with Gasteiger partial charge in [0.05, 0.1) is 25.8 Å². The highest BCUT2D eigenvalue weighted by Gasteiger charge is 2.39. The highest BCUT2D eigenvalue weighted by molar-refractivity contribution is 7.61. The number of primary amides is 1. The first-order valence-corrected chi connectivity index (χ1v) is 37.8. The van der Waals surface area contributed by atoms with Gasteiger partial charge >= 0.3 is 33.7 Å². The fraction of sp³-hybridized carbons (Fsp3) is 0.609. The second-order valence-electron chi connectivity index (χ2n) is 26.6. The number of cyclic esters (lactones) is 2. The molecule has 576 valence electrons. The molecule has 0 saturated heterocycles. The van der Waals surface area contributed by atoms with E-state index in [9.17, 15) is 71.7 Å². The summed E-state index contributed by atoms with van der Waals surface area (Å²) in [7, 11) is -7.70. The van der Waals surface area contributed by atoms with Gasteiger partial charge in [0.25, 0.3) is 5.91 Å². The first-order chi connectivity index (χ1) is 48.2. The highest BCUT2D eigenvalue weighted by atomic mass is 35.5. The van der Waals surface area contributed by atoms with Crippen molar-refractivity contribution in [3.63, 3.8) is 0 Å². The lowest BCUT2D eigenvalue weighted by Crippen LogP contribution is -2.57. The Kier molecular flexibility index (Phi) is 38.0. The zero-order valence-corrected chi connectivity index (χ0v) is 63.9. The van der Waals surface area contributed by atoms with Crippen LogP contribution in [0.5, 0.6) is 0 Å². The predicted molar refractivity (Wildman–Crippen MR) is 383 cm³/mol. The van der Waals surface area contributed by atoms with Crippen molar-refractivity contribution in [2.75, 3.05) is 39.1 Å². The molecule has 0 radical (unpaired) electrons. The number of nitrogens with one attached hydrogen (secondary N) is 6. The number of phosphoric ester groups is 2. The van der Waals surface area contributed by atoms with Crippen molar-refractivity contribution in [3.05, 3.63) is 88.0 Å². The van der Waals surface area contributed by atoms with E-state index in [1.165, 1.54) is 65.2 Å². The van der Waals surface area contributed by atoms with Gasteiger partial charge in [-0.2, -0.15) is 4.31 Å². The van der Waals surface area contributed by atoms with E-state index in [2.05, 4.69) is 36.2 Å². The zero-order chi connectivity index (χ0) is 77.6. The number of halogens is 1. The van der Waals surface area contributed by atoms with Gasteiger partial charge in [-0.05, 0) is 132 Å². The Balaban J connectivity index is 1.79. The largest absolute Gasteiger partial charge is 0.481 e. The second kappa shape index (κ2) is 43.6. The second-order valence-corrected chi connectivity index (χ2v) is 30.0. The molecule has 31 nitrogen and oxygen atoms in total. The number of hydrogen-bond acceptors (Lipinski definition) is 20. The number of ether oxygens (including phenoxy) is 3. The number of unbranched alkanes of at least 4 members (excludes halogenated alkanes) is 3. The maximum Gasteiger partial charge on any atom is 0.481 e. The summed E-state index contributed by atoms with van der Waals surface area (Å²) in [5.74, 6) is -8.93. The number of anilines is 1. The summed E-state index contributed by atoms with van der Waals surface area (Å²) in [5.41, 5.74) is 12.9. The van der Waals surface area contributed by atoms with E-state index in [-0.39, 0.29) is 86.6 Å². The summed E-state index contributed by atoms with van der Waals surface area (Å²) in [6.45, 7) is 18.2. The molecule has 103 heavy (non-hydrogen) atoms. The van der Waals surface area contributed by atoms with E-state index in [4.69, 9.17) is 46.3 Å². The standard InChI is InChI=1S/C69H107ClN10O21P2/c1-15-42(7)59-64(86)75-47(12)68(90)100-60(43(8)16-2)45(10)54(33-24-44(9)67(89)98-55(36-40(3)4)62(84)74-46(11)65(87)80(14)53(37-48-25-29-50(70)30-26-48)66(88)79(13)38-57(82)78-59)99-69(91)73-34-20-17-21-35-96-102(92,93)101-103(94,95)97-39-49-27-31-51(32-28-49)76-61(83)52(22-18-19-23-56(71)81)77-63(85)58(72)41(5)6/h16,24-32,40-42,45-47,52-55,58-60H,15,17-23,33-39,72H2,1-14H3,(H2,71,81)(H,73,91)(H,74,84)(H,75,86)(H,76,83)(H,77,85)(H,78,82)(H,92,93)(H,94,95)/b43-16+,44-24+/t42?,45-,46-,47+,52-,53+,54-,55+,58+,59-,60+/m0/s1. The van der Waals surface area contributed by atoms with E-state index in [1.807, 2.05) is 0 Å². The molecule has 0 bridgehead atoms. The van der Waals surface area contributed by atoms with Crippen LogP contribution in [0.2, 0.25) is 5.02 Å². The molecule has 34 heteroatoms. The summed E-state index contributed by atoms with van der Waals surface area (Å²) < 4.78 is 57.8. The van der Waals surface area contributed by atoms with Crippen molar-refractivity contribution in [2.45, 2.75) is 215 Å². The SMILES string of the molecule is C/C=C(\C)[C@H]1OC(=O)[C@@H](C)NC(=O)[C@H](C(C)CC)NC(=O)CN(C)C(=O)[C@@H](Cc2ccc(Cl)cc2)N(C)C(=O)[C@H](C)NC(=O)[C@@H](CC(C)C)OC(=O)/C(C)=C/C[C@H](OC(=O)NCCCCCOP(=O)(O)OP(=O)(O)OCc2ccc(NC(=O)[C@H](CCCCC(N)=O)NC(=O)[C@H](N)C(C)C)cc2)[C@@H]1C. The Morgan fingerprint density at radius 1 is 0.806 bits per heavy atom. The number of amides is 9. The maximum atomic E-state index is 14.4. The molecule has 1 aliphatic heterocycles. The van der Waals surface area contributed by atoms with Gasteiger partial charge in [0, 0.05) is 62.1 Å². The van der Waals surface area contributed by atoms with Crippen molar-refractivity contribution in [3.8, 4) is 0 Å². The number of rotatable bonds is 30. The average Bonchev–Trinajstić information content (AvgIpc) is 0.825. The van der Waals surface area contributed by atoms with Gasteiger partial charge in [-0.3, -0.25) is 47.4 Å². The average molecular weight is 1510 g/mol. The van der Waals surface area contributed by atoms with Gasteiger partial charge in [-0.1, -0.05) is 109 Å². The Morgan fingerprint density at radius 2 is 1.43 bits per heavy atom. The number of esters is 2. The number of phosphoric acid groups is 2. The van der Waals surface area contributed by atoms with Crippen LogP contribution in [0.4, 0.5) is 10.5 Å².